The van der Waals surface area contributed by atoms with Crippen LogP contribution in [0, 0.1) is 13.8 Å². The third kappa shape index (κ3) is 3.61. The van der Waals surface area contributed by atoms with Gasteiger partial charge in [0.15, 0.2) is 0 Å². The van der Waals surface area contributed by atoms with E-state index >= 15 is 0 Å². The van der Waals surface area contributed by atoms with Crippen LogP contribution in [0.3, 0.4) is 0 Å². The van der Waals surface area contributed by atoms with Crippen molar-refractivity contribution in [2.45, 2.75) is 26.3 Å². The second-order valence-corrected chi connectivity index (χ2v) is 6.52. The van der Waals surface area contributed by atoms with Gasteiger partial charge in [-0.05, 0) is 31.0 Å². The first-order valence-electron chi connectivity index (χ1n) is 8.62. The molecular weight excluding hydrogens is 348 g/mol. The summed E-state index contributed by atoms with van der Waals surface area (Å²) >= 11 is 0. The first-order chi connectivity index (χ1) is 13.0. The summed E-state index contributed by atoms with van der Waals surface area (Å²) in [6.45, 7) is 3.94. The Bertz CT molecular complexity index is 951. The average Bonchev–Trinajstić information content (AvgIpc) is 3.07. The van der Waals surface area contributed by atoms with Crippen molar-refractivity contribution in [3.63, 3.8) is 0 Å². The summed E-state index contributed by atoms with van der Waals surface area (Å²) in [5.74, 6) is -0.416. The number of nitrogens with zero attached hydrogens (tertiary/aromatic N) is 4. The van der Waals surface area contributed by atoms with E-state index in [-0.39, 0.29) is 24.4 Å². The Morgan fingerprint density at radius 1 is 1.41 bits per heavy atom. The maximum absolute atomic E-state index is 12.8. The average molecular weight is 370 g/mol. The largest absolute Gasteiger partial charge is 0.399 e. The zero-order valence-corrected chi connectivity index (χ0v) is 15.5. The molecule has 0 bridgehead atoms. The molecule has 8 heteroatoms. The van der Waals surface area contributed by atoms with Gasteiger partial charge in [-0.3, -0.25) is 14.2 Å². The van der Waals surface area contributed by atoms with Crippen molar-refractivity contribution < 1.29 is 14.7 Å². The lowest BCUT2D eigenvalue weighted by molar-refractivity contribution is 0.0674. The Labute approximate surface area is 156 Å². The van der Waals surface area contributed by atoms with Crippen LogP contribution in [0.1, 0.15) is 28.0 Å². The summed E-state index contributed by atoms with van der Waals surface area (Å²) in [6, 6.07) is 6.49. The number of aromatic nitrogens is 2. The predicted molar refractivity (Wildman–Crippen MR) is 100 cm³/mol. The molecule has 3 rings (SSSR count). The lowest BCUT2D eigenvalue weighted by Gasteiger charge is -2.21. The molecule has 1 fully saturated rings. The second kappa shape index (κ2) is 7.71. The van der Waals surface area contributed by atoms with Gasteiger partial charge in [0.2, 0.25) is 0 Å². The van der Waals surface area contributed by atoms with Gasteiger partial charge < -0.3 is 14.8 Å². The van der Waals surface area contributed by atoms with Crippen molar-refractivity contribution in [3.05, 3.63) is 57.8 Å². The zero-order chi connectivity index (χ0) is 19.6. The summed E-state index contributed by atoms with van der Waals surface area (Å²) < 4.78 is 1.42. The summed E-state index contributed by atoms with van der Waals surface area (Å²) in [4.78, 5) is 35.8. The summed E-state index contributed by atoms with van der Waals surface area (Å²) in [7, 11) is 1.43. The highest BCUT2D eigenvalue weighted by atomic mass is 16.6. The summed E-state index contributed by atoms with van der Waals surface area (Å²) in [5, 5.41) is 13.4. The Hall–Kier alpha value is -3.00. The molecule has 27 heavy (non-hydrogen) atoms. The van der Waals surface area contributed by atoms with E-state index in [1.54, 1.807) is 0 Å². The maximum atomic E-state index is 12.8. The molecule has 0 radical (unpaired) electrons. The molecule has 1 atom stereocenters. The van der Waals surface area contributed by atoms with Gasteiger partial charge in [-0.1, -0.05) is 17.3 Å². The molecule has 1 saturated heterocycles. The quantitative estimate of drug-likeness (QED) is 0.812. The lowest BCUT2D eigenvalue weighted by Crippen LogP contribution is -2.39. The number of carbonyl (C=O) groups is 1. The number of hydrogen-bond acceptors (Lipinski definition) is 6. The van der Waals surface area contributed by atoms with Crippen LogP contribution in [-0.2, 0) is 4.84 Å². The Morgan fingerprint density at radius 2 is 2.19 bits per heavy atom. The number of hydrogen-bond donors (Lipinski definition) is 1. The molecule has 2 aromatic rings. The summed E-state index contributed by atoms with van der Waals surface area (Å²) in [5.41, 5.74) is 3.13. The number of rotatable bonds is 4. The molecule has 1 aromatic carbocycles. The number of oxime groups is 1. The standard InChI is InChI=1S/C19H22N4O4/c1-12-5-4-6-17(13(12)2)23-11-20-16(8-18(23)25)19(26)22-9-14(21-27-3)7-15(22)10-24/h4-6,8,11,15,24H,7,9-10H2,1-3H3/b21-14+/t15-/m0/s1. The van der Waals surface area contributed by atoms with Crippen molar-refractivity contribution in [2.75, 3.05) is 20.3 Å². The number of aliphatic hydroxyl groups is 1. The number of aliphatic hydroxyl groups excluding tert-OH is 1. The molecule has 0 unspecified atom stereocenters. The molecule has 0 aliphatic carbocycles. The molecule has 142 valence electrons. The fourth-order valence-electron chi connectivity index (χ4n) is 3.21. The Kier molecular flexibility index (Phi) is 5.36. The molecule has 1 aliphatic rings. The van der Waals surface area contributed by atoms with E-state index in [0.717, 1.165) is 16.8 Å². The zero-order valence-electron chi connectivity index (χ0n) is 15.5. The highest BCUT2D eigenvalue weighted by molar-refractivity contribution is 5.99. The van der Waals surface area contributed by atoms with E-state index < -0.39 is 11.9 Å². The molecule has 8 nitrogen and oxygen atoms in total. The van der Waals surface area contributed by atoms with Gasteiger partial charge in [-0.25, -0.2) is 4.98 Å². The van der Waals surface area contributed by atoms with Crippen LogP contribution in [0.15, 0.2) is 40.5 Å². The third-order valence-electron chi connectivity index (χ3n) is 4.82. The van der Waals surface area contributed by atoms with Crippen LogP contribution in [0.4, 0.5) is 0 Å². The smallest absolute Gasteiger partial charge is 0.273 e. The van der Waals surface area contributed by atoms with Crippen LogP contribution >= 0.6 is 0 Å². The van der Waals surface area contributed by atoms with E-state index in [4.69, 9.17) is 4.84 Å². The number of carbonyl (C=O) groups excluding carboxylic acids is 1. The van der Waals surface area contributed by atoms with Crippen LogP contribution in [-0.4, -0.2) is 57.5 Å². The molecule has 0 saturated carbocycles. The van der Waals surface area contributed by atoms with Gasteiger partial charge in [0.05, 0.1) is 30.6 Å². The van der Waals surface area contributed by atoms with Crippen molar-refractivity contribution in [1.82, 2.24) is 14.5 Å². The Balaban J connectivity index is 1.91. The third-order valence-corrected chi connectivity index (χ3v) is 4.82. The van der Waals surface area contributed by atoms with Crippen LogP contribution < -0.4 is 5.56 Å². The Morgan fingerprint density at radius 3 is 2.85 bits per heavy atom. The normalized spacial score (nSPS) is 18.1. The fourth-order valence-corrected chi connectivity index (χ4v) is 3.21. The fraction of sp³-hybridized carbons (Fsp3) is 0.368. The van der Waals surface area contributed by atoms with Gasteiger partial charge in [-0.2, -0.15) is 0 Å². The predicted octanol–water partition coefficient (Wildman–Crippen LogP) is 1.06. The molecule has 1 amide bonds. The minimum atomic E-state index is -0.416. The molecule has 1 aliphatic heterocycles. The van der Waals surface area contributed by atoms with Crippen LogP contribution in [0.25, 0.3) is 5.69 Å². The second-order valence-electron chi connectivity index (χ2n) is 6.52. The van der Waals surface area contributed by atoms with E-state index in [1.165, 1.54) is 29.0 Å². The van der Waals surface area contributed by atoms with Crippen molar-refractivity contribution in [3.8, 4) is 5.69 Å². The monoisotopic (exact) mass is 370 g/mol. The molecule has 1 N–H and O–H groups in total. The first-order valence-corrected chi connectivity index (χ1v) is 8.62. The van der Waals surface area contributed by atoms with Crippen molar-refractivity contribution in [2.24, 2.45) is 5.16 Å². The highest BCUT2D eigenvalue weighted by Gasteiger charge is 2.34. The lowest BCUT2D eigenvalue weighted by atomic mass is 10.1. The van der Waals surface area contributed by atoms with Crippen LogP contribution in [0.5, 0.6) is 0 Å². The topological polar surface area (TPSA) is 97.0 Å². The summed E-state index contributed by atoms with van der Waals surface area (Å²) in [6.07, 6.45) is 1.79. The minimum absolute atomic E-state index is 0.0404. The molecule has 1 aromatic heterocycles. The molecule has 0 spiro atoms. The van der Waals surface area contributed by atoms with Crippen molar-refractivity contribution in [1.29, 1.82) is 0 Å². The van der Waals surface area contributed by atoms with Gasteiger partial charge in [0.1, 0.15) is 19.1 Å². The highest BCUT2D eigenvalue weighted by Crippen LogP contribution is 2.19. The van der Waals surface area contributed by atoms with E-state index in [2.05, 4.69) is 10.1 Å². The number of amides is 1. The van der Waals surface area contributed by atoms with Crippen LogP contribution in [0.2, 0.25) is 0 Å². The van der Waals surface area contributed by atoms with Gasteiger partial charge >= 0.3 is 0 Å². The van der Waals surface area contributed by atoms with E-state index in [0.29, 0.717) is 12.1 Å². The van der Waals surface area contributed by atoms with Gasteiger partial charge in [-0.15, -0.1) is 0 Å². The number of benzene rings is 1. The number of aryl methyl sites for hydroxylation is 1. The first kappa shape index (κ1) is 18.8. The van der Waals surface area contributed by atoms with Gasteiger partial charge in [0.25, 0.3) is 11.5 Å². The van der Waals surface area contributed by atoms with Gasteiger partial charge in [0, 0.05) is 12.5 Å². The van der Waals surface area contributed by atoms with E-state index in [1.807, 2.05) is 32.0 Å². The maximum Gasteiger partial charge on any atom is 0.273 e. The molecular formula is C19H22N4O4. The molecule has 2 heterocycles. The van der Waals surface area contributed by atoms with Crippen molar-refractivity contribution >= 4 is 11.6 Å². The minimum Gasteiger partial charge on any atom is -0.399 e. The van der Waals surface area contributed by atoms with E-state index in [9.17, 15) is 14.7 Å². The number of likely N-dealkylation sites (tertiary alicyclic amines) is 1. The SMILES string of the molecule is CO/N=C1\C[C@@H](CO)N(C(=O)c2cc(=O)n(-c3cccc(C)c3C)cn2)C1.